The first-order chi connectivity index (χ1) is 14.2. The summed E-state index contributed by atoms with van der Waals surface area (Å²) in [5.41, 5.74) is -0.430. The molecule has 1 N–H and O–H groups in total. The number of anilines is 1. The Hall–Kier alpha value is -3.89. The van der Waals surface area contributed by atoms with Crippen molar-refractivity contribution in [3.8, 4) is 5.75 Å². The van der Waals surface area contributed by atoms with E-state index in [1.165, 1.54) is 43.6 Å². The summed E-state index contributed by atoms with van der Waals surface area (Å²) in [6, 6.07) is 6.83. The van der Waals surface area contributed by atoms with Gasteiger partial charge in [-0.1, -0.05) is 12.1 Å². The fraction of sp³-hybridized carbons (Fsp3) is 0.316. The Balaban J connectivity index is 1.73. The molecular weight excluding hydrogens is 394 g/mol. The summed E-state index contributed by atoms with van der Waals surface area (Å²) < 4.78 is 13.8. The lowest BCUT2D eigenvalue weighted by molar-refractivity contribution is -0.153. The molecular formula is C19H21N5O6. The molecule has 3 rings (SSSR count). The largest absolute Gasteiger partial charge is 0.495 e. The van der Waals surface area contributed by atoms with Gasteiger partial charge in [-0.3, -0.25) is 23.5 Å². The number of aryl methyl sites for hydroxylation is 1. The molecule has 0 fully saturated rings. The van der Waals surface area contributed by atoms with Gasteiger partial charge < -0.3 is 19.4 Å². The van der Waals surface area contributed by atoms with Crippen LogP contribution in [-0.2, 0) is 35.0 Å². The SMILES string of the molecule is COc1ccccc1NC(=O)[C@@H](C)OC(=O)Cn1cnc2c1c(=O)n(C)c(=O)n2C. The van der Waals surface area contributed by atoms with Crippen molar-refractivity contribution < 1.29 is 19.1 Å². The number of methoxy groups -OCH3 is 1. The van der Waals surface area contributed by atoms with Gasteiger partial charge in [0.2, 0.25) is 0 Å². The Morgan fingerprint density at radius 3 is 2.57 bits per heavy atom. The number of aromatic nitrogens is 4. The third-order valence-corrected chi connectivity index (χ3v) is 4.56. The van der Waals surface area contributed by atoms with E-state index in [-0.39, 0.29) is 17.7 Å². The zero-order chi connectivity index (χ0) is 22.0. The number of esters is 1. The average molecular weight is 415 g/mol. The molecule has 0 bridgehead atoms. The molecule has 0 radical (unpaired) electrons. The molecule has 0 unspecified atom stereocenters. The van der Waals surface area contributed by atoms with Crippen LogP contribution in [0.3, 0.4) is 0 Å². The minimum atomic E-state index is -1.09. The van der Waals surface area contributed by atoms with E-state index in [0.29, 0.717) is 11.4 Å². The van der Waals surface area contributed by atoms with Crippen molar-refractivity contribution in [1.29, 1.82) is 0 Å². The average Bonchev–Trinajstić information content (AvgIpc) is 3.14. The number of fused-ring (bicyclic) bond motifs is 1. The van der Waals surface area contributed by atoms with Gasteiger partial charge in [0.05, 0.1) is 19.1 Å². The Bertz CT molecular complexity index is 1240. The van der Waals surface area contributed by atoms with Gasteiger partial charge >= 0.3 is 11.7 Å². The predicted molar refractivity (Wildman–Crippen MR) is 107 cm³/mol. The molecule has 0 aliphatic rings. The van der Waals surface area contributed by atoms with E-state index in [9.17, 15) is 19.2 Å². The molecule has 1 aromatic carbocycles. The summed E-state index contributed by atoms with van der Waals surface area (Å²) in [7, 11) is 4.29. The van der Waals surface area contributed by atoms with Crippen molar-refractivity contribution in [2.75, 3.05) is 12.4 Å². The van der Waals surface area contributed by atoms with Crippen molar-refractivity contribution in [3.05, 3.63) is 51.4 Å². The summed E-state index contributed by atoms with van der Waals surface area (Å²) in [4.78, 5) is 53.1. The summed E-state index contributed by atoms with van der Waals surface area (Å²) in [5.74, 6) is -0.815. The number of para-hydroxylation sites is 2. The second-order valence-corrected chi connectivity index (χ2v) is 6.57. The van der Waals surface area contributed by atoms with Crippen LogP contribution in [0.15, 0.2) is 40.2 Å². The highest BCUT2D eigenvalue weighted by molar-refractivity contribution is 5.96. The minimum Gasteiger partial charge on any atom is -0.495 e. The smallest absolute Gasteiger partial charge is 0.332 e. The molecule has 11 nitrogen and oxygen atoms in total. The van der Waals surface area contributed by atoms with Crippen LogP contribution >= 0.6 is 0 Å². The third-order valence-electron chi connectivity index (χ3n) is 4.56. The van der Waals surface area contributed by atoms with Gasteiger partial charge in [0.25, 0.3) is 11.5 Å². The van der Waals surface area contributed by atoms with Crippen molar-refractivity contribution >= 4 is 28.7 Å². The number of hydrogen-bond donors (Lipinski definition) is 1. The van der Waals surface area contributed by atoms with Gasteiger partial charge in [-0.15, -0.1) is 0 Å². The summed E-state index contributed by atoms with van der Waals surface area (Å²) in [5, 5.41) is 2.63. The van der Waals surface area contributed by atoms with Gasteiger partial charge in [0.15, 0.2) is 17.3 Å². The maximum absolute atomic E-state index is 12.4. The number of nitrogens with one attached hydrogen (secondary N) is 1. The molecule has 1 amide bonds. The zero-order valence-corrected chi connectivity index (χ0v) is 16.9. The van der Waals surface area contributed by atoms with Crippen molar-refractivity contribution in [2.24, 2.45) is 14.1 Å². The number of rotatable bonds is 6. The first-order valence-corrected chi connectivity index (χ1v) is 8.98. The van der Waals surface area contributed by atoms with Crippen LogP contribution in [0.5, 0.6) is 5.75 Å². The van der Waals surface area contributed by atoms with Gasteiger partial charge in [-0.2, -0.15) is 0 Å². The maximum Gasteiger partial charge on any atom is 0.332 e. The molecule has 11 heteroatoms. The second kappa shape index (κ2) is 8.23. The molecule has 2 heterocycles. The summed E-state index contributed by atoms with van der Waals surface area (Å²) >= 11 is 0. The van der Waals surface area contributed by atoms with Crippen LogP contribution in [0.4, 0.5) is 5.69 Å². The number of amides is 1. The standard InChI is InChI=1S/C19H21N5O6/c1-11(17(26)21-12-7-5-6-8-13(12)29-4)30-14(25)9-24-10-20-16-15(24)18(27)23(3)19(28)22(16)2/h5-8,10-11H,9H2,1-4H3,(H,21,26)/t11-/m1/s1. The van der Waals surface area contributed by atoms with E-state index in [2.05, 4.69) is 10.3 Å². The fourth-order valence-corrected chi connectivity index (χ4v) is 2.93. The van der Waals surface area contributed by atoms with E-state index in [0.717, 1.165) is 4.57 Å². The molecule has 0 saturated heterocycles. The molecule has 158 valence electrons. The number of benzene rings is 1. The monoisotopic (exact) mass is 415 g/mol. The molecule has 0 saturated carbocycles. The number of carbonyl (C=O) groups is 2. The quantitative estimate of drug-likeness (QED) is 0.562. The lowest BCUT2D eigenvalue weighted by atomic mass is 10.2. The lowest BCUT2D eigenvalue weighted by Crippen LogP contribution is -2.38. The highest BCUT2D eigenvalue weighted by atomic mass is 16.5. The molecule has 0 spiro atoms. The van der Waals surface area contributed by atoms with Crippen molar-refractivity contribution in [2.45, 2.75) is 19.6 Å². The topological polar surface area (TPSA) is 126 Å². The molecule has 0 aliphatic carbocycles. The highest BCUT2D eigenvalue weighted by Crippen LogP contribution is 2.23. The zero-order valence-electron chi connectivity index (χ0n) is 16.9. The van der Waals surface area contributed by atoms with Gasteiger partial charge in [0, 0.05) is 14.1 Å². The molecule has 0 aliphatic heterocycles. The van der Waals surface area contributed by atoms with Crippen LogP contribution in [0, 0.1) is 0 Å². The van der Waals surface area contributed by atoms with E-state index in [4.69, 9.17) is 9.47 Å². The second-order valence-electron chi connectivity index (χ2n) is 6.57. The van der Waals surface area contributed by atoms with E-state index in [1.807, 2.05) is 0 Å². The predicted octanol–water partition coefficient (Wildman–Crippen LogP) is 0.0127. The third kappa shape index (κ3) is 3.81. The highest BCUT2D eigenvalue weighted by Gasteiger charge is 2.21. The van der Waals surface area contributed by atoms with Gasteiger partial charge in [-0.05, 0) is 19.1 Å². The molecule has 1 atom stereocenters. The first-order valence-electron chi connectivity index (χ1n) is 8.98. The number of ether oxygens (including phenoxy) is 2. The van der Waals surface area contributed by atoms with Crippen LogP contribution in [0.1, 0.15) is 6.92 Å². The van der Waals surface area contributed by atoms with Gasteiger partial charge in [-0.25, -0.2) is 9.78 Å². The normalized spacial score (nSPS) is 11.9. The number of nitrogens with zero attached hydrogens (tertiary/aromatic N) is 4. The lowest BCUT2D eigenvalue weighted by Gasteiger charge is -2.15. The minimum absolute atomic E-state index is 0.0858. The summed E-state index contributed by atoms with van der Waals surface area (Å²) in [6.07, 6.45) is 0.177. The van der Waals surface area contributed by atoms with Crippen LogP contribution in [0.25, 0.3) is 11.2 Å². The molecule has 30 heavy (non-hydrogen) atoms. The molecule has 2 aromatic heterocycles. The maximum atomic E-state index is 12.4. The Morgan fingerprint density at radius 2 is 1.87 bits per heavy atom. The Kier molecular flexibility index (Phi) is 5.72. The van der Waals surface area contributed by atoms with Crippen molar-refractivity contribution in [1.82, 2.24) is 18.7 Å². The Morgan fingerprint density at radius 1 is 1.17 bits per heavy atom. The first kappa shape index (κ1) is 20.8. The molecule has 3 aromatic rings. The van der Waals surface area contributed by atoms with Gasteiger partial charge in [0.1, 0.15) is 12.3 Å². The van der Waals surface area contributed by atoms with E-state index >= 15 is 0 Å². The van der Waals surface area contributed by atoms with E-state index < -0.39 is 29.2 Å². The Labute approximate surface area is 170 Å². The number of imidazole rings is 1. The van der Waals surface area contributed by atoms with E-state index in [1.54, 1.807) is 24.3 Å². The van der Waals surface area contributed by atoms with Crippen molar-refractivity contribution in [3.63, 3.8) is 0 Å². The van der Waals surface area contributed by atoms with Crippen LogP contribution < -0.4 is 21.3 Å². The van der Waals surface area contributed by atoms with Crippen LogP contribution in [-0.4, -0.2) is 43.8 Å². The summed E-state index contributed by atoms with van der Waals surface area (Å²) in [6.45, 7) is 1.08. The number of carbonyl (C=O) groups excluding carboxylic acids is 2. The fourth-order valence-electron chi connectivity index (χ4n) is 2.93. The number of hydrogen-bond acceptors (Lipinski definition) is 7. The van der Waals surface area contributed by atoms with Crippen LogP contribution in [0.2, 0.25) is 0 Å².